The minimum absolute atomic E-state index is 0.267. The van der Waals surface area contributed by atoms with Crippen molar-refractivity contribution >= 4 is 0 Å². The summed E-state index contributed by atoms with van der Waals surface area (Å²) in [5, 5.41) is 0. The molecule has 0 bridgehead atoms. The van der Waals surface area contributed by atoms with Gasteiger partial charge in [-0.1, -0.05) is 51.9 Å². The predicted molar refractivity (Wildman–Crippen MR) is 76.9 cm³/mol. The minimum atomic E-state index is 0.267. The summed E-state index contributed by atoms with van der Waals surface area (Å²) in [5.74, 6) is 5.61. The molecule has 3 heteroatoms. The normalized spacial score (nSPS) is 12.6. The summed E-state index contributed by atoms with van der Waals surface area (Å²) in [5.41, 5.74) is 4.14. The fourth-order valence-electron chi connectivity index (χ4n) is 2.25. The van der Waals surface area contributed by atoms with Crippen LogP contribution in [-0.2, 0) is 0 Å². The Kier molecular flexibility index (Phi) is 8.43. The number of nitrogens with zero attached hydrogens (tertiary/aromatic N) is 1. The zero-order valence-corrected chi connectivity index (χ0v) is 11.6. The van der Waals surface area contributed by atoms with Crippen LogP contribution in [0.5, 0.6) is 0 Å². The van der Waals surface area contributed by atoms with Crippen molar-refractivity contribution in [2.75, 3.05) is 0 Å². The molecule has 0 aliphatic carbocycles. The highest BCUT2D eigenvalue weighted by molar-refractivity contribution is 5.14. The zero-order chi connectivity index (χ0) is 13.1. The molecule has 0 aliphatic rings. The van der Waals surface area contributed by atoms with Crippen molar-refractivity contribution in [1.29, 1.82) is 0 Å². The SMILES string of the molecule is CCCCCCCCCC(NN)c1ccncc1. The molecule has 0 aromatic carbocycles. The van der Waals surface area contributed by atoms with Gasteiger partial charge in [-0.3, -0.25) is 16.3 Å². The fourth-order valence-corrected chi connectivity index (χ4v) is 2.25. The first-order valence-corrected chi connectivity index (χ1v) is 7.24. The molecule has 0 saturated heterocycles. The number of rotatable bonds is 10. The van der Waals surface area contributed by atoms with E-state index in [1.165, 1.54) is 50.5 Å². The minimum Gasteiger partial charge on any atom is -0.271 e. The molecular weight excluding hydrogens is 222 g/mol. The summed E-state index contributed by atoms with van der Waals surface area (Å²) in [6.07, 6.45) is 14.1. The van der Waals surface area contributed by atoms with Crippen LogP contribution in [0.1, 0.15) is 69.9 Å². The lowest BCUT2D eigenvalue weighted by atomic mass is 10.0. The molecule has 1 aromatic rings. The van der Waals surface area contributed by atoms with Crippen LogP contribution >= 0.6 is 0 Å². The maximum Gasteiger partial charge on any atom is 0.0461 e. The molecule has 1 unspecified atom stereocenters. The van der Waals surface area contributed by atoms with Crippen molar-refractivity contribution in [3.8, 4) is 0 Å². The maximum absolute atomic E-state index is 5.61. The lowest BCUT2D eigenvalue weighted by molar-refractivity contribution is 0.475. The van der Waals surface area contributed by atoms with Crippen molar-refractivity contribution in [2.45, 2.75) is 64.3 Å². The molecule has 18 heavy (non-hydrogen) atoms. The number of hydrogen-bond acceptors (Lipinski definition) is 3. The van der Waals surface area contributed by atoms with Gasteiger partial charge < -0.3 is 0 Å². The molecule has 0 spiro atoms. The van der Waals surface area contributed by atoms with Crippen LogP contribution < -0.4 is 11.3 Å². The Bertz CT molecular complexity index is 287. The van der Waals surface area contributed by atoms with Gasteiger partial charge in [0.05, 0.1) is 0 Å². The molecule has 102 valence electrons. The summed E-state index contributed by atoms with van der Waals surface area (Å²) < 4.78 is 0. The van der Waals surface area contributed by atoms with Crippen LogP contribution in [0.15, 0.2) is 24.5 Å². The number of hydrogen-bond donors (Lipinski definition) is 2. The highest BCUT2D eigenvalue weighted by Crippen LogP contribution is 2.19. The van der Waals surface area contributed by atoms with Crippen molar-refractivity contribution in [3.63, 3.8) is 0 Å². The second-order valence-corrected chi connectivity index (χ2v) is 4.91. The van der Waals surface area contributed by atoms with E-state index in [4.69, 9.17) is 5.84 Å². The zero-order valence-electron chi connectivity index (χ0n) is 11.6. The van der Waals surface area contributed by atoms with Crippen LogP contribution in [0, 0.1) is 0 Å². The highest BCUT2D eigenvalue weighted by atomic mass is 15.2. The van der Waals surface area contributed by atoms with E-state index >= 15 is 0 Å². The monoisotopic (exact) mass is 249 g/mol. The van der Waals surface area contributed by atoms with Gasteiger partial charge in [0.1, 0.15) is 0 Å². The van der Waals surface area contributed by atoms with E-state index in [9.17, 15) is 0 Å². The number of nitrogens with one attached hydrogen (secondary N) is 1. The first-order valence-electron chi connectivity index (χ1n) is 7.24. The Hall–Kier alpha value is -0.930. The second-order valence-electron chi connectivity index (χ2n) is 4.91. The van der Waals surface area contributed by atoms with E-state index in [0.717, 1.165) is 6.42 Å². The van der Waals surface area contributed by atoms with Crippen LogP contribution in [0.2, 0.25) is 0 Å². The van der Waals surface area contributed by atoms with Crippen LogP contribution in [0.3, 0.4) is 0 Å². The lowest BCUT2D eigenvalue weighted by Crippen LogP contribution is -2.27. The molecule has 0 aliphatic heterocycles. The van der Waals surface area contributed by atoms with Gasteiger partial charge in [0.2, 0.25) is 0 Å². The molecule has 3 nitrogen and oxygen atoms in total. The van der Waals surface area contributed by atoms with Gasteiger partial charge in [0.15, 0.2) is 0 Å². The Morgan fingerprint density at radius 3 is 2.28 bits per heavy atom. The summed E-state index contributed by atoms with van der Waals surface area (Å²) in [6.45, 7) is 2.26. The van der Waals surface area contributed by atoms with Gasteiger partial charge in [0, 0.05) is 18.4 Å². The van der Waals surface area contributed by atoms with Crippen LogP contribution in [-0.4, -0.2) is 4.98 Å². The van der Waals surface area contributed by atoms with Crippen LogP contribution in [0.4, 0.5) is 0 Å². The summed E-state index contributed by atoms with van der Waals surface area (Å²) in [7, 11) is 0. The van der Waals surface area contributed by atoms with Gasteiger partial charge in [-0.25, -0.2) is 0 Å². The second kappa shape index (κ2) is 10.0. The maximum atomic E-state index is 5.61. The lowest BCUT2D eigenvalue weighted by Gasteiger charge is -2.15. The van der Waals surface area contributed by atoms with E-state index in [0.29, 0.717) is 0 Å². The first-order chi connectivity index (χ1) is 8.88. The van der Waals surface area contributed by atoms with Crippen molar-refractivity contribution in [3.05, 3.63) is 30.1 Å². The Morgan fingerprint density at radius 1 is 1.06 bits per heavy atom. The molecule has 3 N–H and O–H groups in total. The molecule has 1 aromatic heterocycles. The largest absolute Gasteiger partial charge is 0.271 e. The molecule has 1 heterocycles. The number of unbranched alkanes of at least 4 members (excludes halogenated alkanes) is 6. The average Bonchev–Trinajstić information content (AvgIpc) is 2.43. The quantitative estimate of drug-likeness (QED) is 0.377. The van der Waals surface area contributed by atoms with Gasteiger partial charge >= 0.3 is 0 Å². The molecule has 0 saturated carbocycles. The van der Waals surface area contributed by atoms with Crippen molar-refractivity contribution in [1.82, 2.24) is 10.4 Å². The predicted octanol–water partition coefficient (Wildman–Crippen LogP) is 3.73. The summed E-state index contributed by atoms with van der Waals surface area (Å²) in [4.78, 5) is 4.03. The Morgan fingerprint density at radius 2 is 1.67 bits per heavy atom. The van der Waals surface area contributed by atoms with E-state index in [-0.39, 0.29) is 6.04 Å². The number of hydrazine groups is 1. The molecule has 0 fully saturated rings. The van der Waals surface area contributed by atoms with Crippen LogP contribution in [0.25, 0.3) is 0 Å². The van der Waals surface area contributed by atoms with E-state index in [1.807, 2.05) is 24.5 Å². The van der Waals surface area contributed by atoms with E-state index in [2.05, 4.69) is 17.3 Å². The average molecular weight is 249 g/mol. The van der Waals surface area contributed by atoms with Gasteiger partial charge in [0.25, 0.3) is 0 Å². The van der Waals surface area contributed by atoms with Gasteiger partial charge in [-0.05, 0) is 24.1 Å². The Labute approximate surface area is 111 Å². The third-order valence-corrected chi connectivity index (χ3v) is 3.41. The Balaban J connectivity index is 2.13. The third-order valence-electron chi connectivity index (χ3n) is 3.41. The molecule has 1 rings (SSSR count). The number of pyridine rings is 1. The first kappa shape index (κ1) is 15.1. The standard InChI is InChI=1S/C15H27N3/c1-2-3-4-5-6-7-8-9-15(18-16)14-10-12-17-13-11-14/h10-13,15,18H,2-9,16H2,1H3. The molecule has 0 amide bonds. The fraction of sp³-hybridized carbons (Fsp3) is 0.667. The molecular formula is C15H27N3. The summed E-state index contributed by atoms with van der Waals surface area (Å²) >= 11 is 0. The van der Waals surface area contributed by atoms with Gasteiger partial charge in [-0.2, -0.15) is 0 Å². The number of aromatic nitrogens is 1. The third kappa shape index (κ3) is 6.12. The van der Waals surface area contributed by atoms with Crippen molar-refractivity contribution in [2.24, 2.45) is 5.84 Å². The van der Waals surface area contributed by atoms with E-state index < -0.39 is 0 Å². The summed E-state index contributed by atoms with van der Waals surface area (Å²) in [6, 6.07) is 4.33. The topological polar surface area (TPSA) is 50.9 Å². The van der Waals surface area contributed by atoms with E-state index in [1.54, 1.807) is 0 Å². The molecule has 1 atom stereocenters. The molecule has 0 radical (unpaired) electrons. The smallest absolute Gasteiger partial charge is 0.0461 e. The van der Waals surface area contributed by atoms with Gasteiger partial charge in [-0.15, -0.1) is 0 Å². The van der Waals surface area contributed by atoms with Crippen molar-refractivity contribution < 1.29 is 0 Å². The number of nitrogens with two attached hydrogens (primary N) is 1. The highest BCUT2D eigenvalue weighted by Gasteiger charge is 2.08.